The fraction of sp³-hybridized carbons (Fsp3) is 0.500. The van der Waals surface area contributed by atoms with Gasteiger partial charge in [-0.2, -0.15) is 19.9 Å². The maximum Gasteiger partial charge on any atom is 0.296 e. The number of morpholine rings is 2. The van der Waals surface area contributed by atoms with E-state index < -0.39 is 43.6 Å². The van der Waals surface area contributed by atoms with Gasteiger partial charge < -0.3 is 43.2 Å². The van der Waals surface area contributed by atoms with Crippen LogP contribution >= 0.6 is 10.7 Å². The standard InChI is InChI=1S/C24H28F2N8O4S.C23H26F2N8O2.CH3ClO2S/c1-37-17-5-3-4-16-18(17)28-23(20(25)26)34(16)22-19-21(29-24(30-22)31-10-12-38-13-11-31)33(14-27-19)15-6-8-32(9-7-15)39(2,35)36;1-34-16-4-2-3-15-17(16)28-22(19(24)25)33(15)21-18-20(29-23(30-21)31-9-11-35-12-10-31)32(13-27-18)14-5-7-26-8-6-14;1-5(2,3)4/h3-5,14-15,20H,6-13H2,1-2H3;2-4,13-14,19,26H,5-12H2,1H3;1H3. The van der Waals surface area contributed by atoms with Crippen LogP contribution in [0.2, 0.25) is 0 Å². The first-order valence-electron chi connectivity index (χ1n) is 25.3. The van der Waals surface area contributed by atoms with Gasteiger partial charge in [0.15, 0.2) is 45.6 Å². The molecule has 10 heterocycles. The molecule has 1 N–H and O–H groups in total. The lowest BCUT2D eigenvalue weighted by molar-refractivity contribution is 0.122. The van der Waals surface area contributed by atoms with E-state index in [1.54, 1.807) is 49.1 Å². The fourth-order valence-corrected chi connectivity index (χ4v) is 11.1. The molecule has 0 atom stereocenters. The van der Waals surface area contributed by atoms with E-state index in [9.17, 15) is 34.4 Å². The lowest BCUT2D eigenvalue weighted by atomic mass is 10.1. The summed E-state index contributed by atoms with van der Waals surface area (Å²) < 4.78 is 130. The Kier molecular flexibility index (Phi) is 16.4. The van der Waals surface area contributed by atoms with Crippen molar-refractivity contribution in [2.75, 3.05) is 115 Å². The first kappa shape index (κ1) is 55.7. The Morgan fingerprint density at radius 2 is 1.00 bits per heavy atom. The van der Waals surface area contributed by atoms with Crippen LogP contribution in [0.3, 0.4) is 0 Å². The molecule has 2 aromatic carbocycles. The van der Waals surface area contributed by atoms with Crippen LogP contribution in [0, 0.1) is 0 Å². The van der Waals surface area contributed by atoms with Gasteiger partial charge in [0, 0.05) is 62.0 Å². The van der Waals surface area contributed by atoms with Gasteiger partial charge in [-0.25, -0.2) is 58.6 Å². The number of nitrogens with zero attached hydrogens (tertiary/aromatic N) is 15. The minimum Gasteiger partial charge on any atom is -0.494 e. The molecule has 4 aliphatic heterocycles. The van der Waals surface area contributed by atoms with Gasteiger partial charge >= 0.3 is 0 Å². The zero-order valence-corrected chi connectivity index (χ0v) is 45.8. The normalized spacial score (nSPS) is 17.5. The molecule has 4 aliphatic rings. The highest BCUT2D eigenvalue weighted by Gasteiger charge is 2.33. The van der Waals surface area contributed by atoms with Gasteiger partial charge in [0.25, 0.3) is 12.9 Å². The van der Waals surface area contributed by atoms with Crippen LogP contribution in [-0.4, -0.2) is 185 Å². The van der Waals surface area contributed by atoms with Gasteiger partial charge in [0.1, 0.15) is 22.5 Å². The minimum atomic E-state index is -3.28. The SMILES string of the molecule is COc1cccc2c1nc(C(F)F)n2-c1nc(N2CCOCC2)nc2c1ncn2C1CCN(S(C)(=O)=O)CC1.COc1cccc2c1nc(C(F)F)n2-c1nc(N2CCOCC2)nc2c1ncn2C1CCNCC1.CS(=O)(=O)Cl. The number of hydrogen-bond acceptors (Lipinski definition) is 19. The molecular formula is C48H57ClF4N16O8S2. The number of para-hydroxylation sites is 2. The smallest absolute Gasteiger partial charge is 0.296 e. The highest BCUT2D eigenvalue weighted by Crippen LogP contribution is 2.38. The van der Waals surface area contributed by atoms with Crippen LogP contribution in [0.25, 0.3) is 56.0 Å². The predicted octanol–water partition coefficient (Wildman–Crippen LogP) is 5.60. The Hall–Kier alpha value is -6.57. The monoisotopic (exact) mass is 1160 g/mol. The number of nitrogens with one attached hydrogen (secondary N) is 1. The third kappa shape index (κ3) is 11.7. The summed E-state index contributed by atoms with van der Waals surface area (Å²) in [6.45, 7) is 6.98. The number of aromatic nitrogens is 12. The van der Waals surface area contributed by atoms with E-state index in [4.69, 9.17) is 38.9 Å². The van der Waals surface area contributed by atoms with E-state index in [1.807, 2.05) is 14.4 Å². The number of methoxy groups -OCH3 is 2. The molecule has 424 valence electrons. The summed E-state index contributed by atoms with van der Waals surface area (Å²) in [4.78, 5) is 41.0. The van der Waals surface area contributed by atoms with Crippen molar-refractivity contribution in [3.05, 3.63) is 60.7 Å². The average molecular weight is 1160 g/mol. The molecule has 12 rings (SSSR count). The quantitative estimate of drug-likeness (QED) is 0.122. The zero-order chi connectivity index (χ0) is 55.8. The Balaban J connectivity index is 0.000000165. The summed E-state index contributed by atoms with van der Waals surface area (Å²) in [6.07, 6.45) is 2.82. The summed E-state index contributed by atoms with van der Waals surface area (Å²) >= 11 is 0. The van der Waals surface area contributed by atoms with Crippen LogP contribution < -0.4 is 24.6 Å². The van der Waals surface area contributed by atoms with Crippen molar-refractivity contribution in [2.24, 2.45) is 0 Å². The largest absolute Gasteiger partial charge is 0.494 e. The molecule has 24 nitrogen and oxygen atoms in total. The first-order chi connectivity index (χ1) is 37.9. The molecule has 4 saturated heterocycles. The zero-order valence-electron chi connectivity index (χ0n) is 43.4. The van der Waals surface area contributed by atoms with Gasteiger partial charge in [0.2, 0.25) is 31.0 Å². The second-order valence-corrected chi connectivity index (χ2v) is 24.0. The number of benzene rings is 2. The van der Waals surface area contributed by atoms with Gasteiger partial charge in [-0.3, -0.25) is 9.13 Å². The van der Waals surface area contributed by atoms with Crippen molar-refractivity contribution in [2.45, 2.75) is 50.6 Å². The van der Waals surface area contributed by atoms with Gasteiger partial charge in [-0.05, 0) is 63.0 Å². The van der Waals surface area contributed by atoms with Crippen LogP contribution in [0.4, 0.5) is 29.5 Å². The summed E-state index contributed by atoms with van der Waals surface area (Å²) in [5.41, 5.74) is 3.46. The van der Waals surface area contributed by atoms with Gasteiger partial charge in [0.05, 0.1) is 76.8 Å². The van der Waals surface area contributed by atoms with Crippen LogP contribution in [0.5, 0.6) is 11.5 Å². The molecule has 31 heteroatoms. The minimum absolute atomic E-state index is 0.0671. The number of anilines is 2. The molecule has 0 spiro atoms. The Bertz CT molecular complexity index is 3700. The highest BCUT2D eigenvalue weighted by molar-refractivity contribution is 8.13. The number of hydrogen-bond donors (Lipinski definition) is 1. The van der Waals surface area contributed by atoms with Crippen molar-refractivity contribution in [1.29, 1.82) is 0 Å². The Morgan fingerprint density at radius 1 is 0.595 bits per heavy atom. The molecule has 0 aliphatic carbocycles. The molecule has 4 fully saturated rings. The maximum absolute atomic E-state index is 14.4. The topological polar surface area (TPSA) is 250 Å². The molecule has 0 radical (unpaired) electrons. The summed E-state index contributed by atoms with van der Waals surface area (Å²) in [5.74, 6) is 1.23. The number of imidazole rings is 4. The van der Waals surface area contributed by atoms with E-state index >= 15 is 0 Å². The maximum atomic E-state index is 14.4. The van der Waals surface area contributed by atoms with E-state index in [1.165, 1.54) is 33.9 Å². The molecule has 79 heavy (non-hydrogen) atoms. The number of fused-ring (bicyclic) bond motifs is 4. The van der Waals surface area contributed by atoms with E-state index in [2.05, 4.69) is 40.5 Å². The fourth-order valence-electron chi connectivity index (χ4n) is 10.2. The molecule has 0 amide bonds. The second kappa shape index (κ2) is 23.3. The van der Waals surface area contributed by atoms with E-state index in [0.717, 1.165) is 32.2 Å². The lowest BCUT2D eigenvalue weighted by Crippen LogP contribution is -2.38. The third-order valence-electron chi connectivity index (χ3n) is 14.0. The second-order valence-electron chi connectivity index (χ2n) is 19.0. The van der Waals surface area contributed by atoms with Crippen LogP contribution in [-0.2, 0) is 28.5 Å². The number of rotatable bonds is 11. The number of piperidine rings is 2. The number of halogens is 5. The highest BCUT2D eigenvalue weighted by atomic mass is 35.7. The molecule has 0 saturated carbocycles. The van der Waals surface area contributed by atoms with Crippen molar-refractivity contribution < 1.29 is 53.3 Å². The third-order valence-corrected chi connectivity index (χ3v) is 15.3. The van der Waals surface area contributed by atoms with Crippen molar-refractivity contribution >= 4 is 86.0 Å². The summed E-state index contributed by atoms with van der Waals surface area (Å²) in [6, 6.07) is 10.4. The summed E-state index contributed by atoms with van der Waals surface area (Å²) in [7, 11) is 0.983. The summed E-state index contributed by atoms with van der Waals surface area (Å²) in [5, 5.41) is 3.38. The Labute approximate surface area is 455 Å². The van der Waals surface area contributed by atoms with Crippen molar-refractivity contribution in [3.63, 3.8) is 0 Å². The predicted molar refractivity (Wildman–Crippen MR) is 286 cm³/mol. The molecular weight excluding hydrogens is 1100 g/mol. The van der Waals surface area contributed by atoms with Crippen LogP contribution in [0.15, 0.2) is 49.1 Å². The molecule has 0 unspecified atom stereocenters. The average Bonchev–Trinajstić information content (AvgIpc) is 4.36. The number of sulfonamides is 1. The van der Waals surface area contributed by atoms with E-state index in [0.29, 0.717) is 146 Å². The molecule has 0 bridgehead atoms. The molecule has 8 aromatic rings. The molecule has 6 aromatic heterocycles. The van der Waals surface area contributed by atoms with Crippen molar-refractivity contribution in [3.8, 4) is 23.1 Å². The van der Waals surface area contributed by atoms with Crippen molar-refractivity contribution in [1.82, 2.24) is 67.8 Å². The first-order valence-corrected chi connectivity index (χ1v) is 29.9. The Morgan fingerprint density at radius 3 is 1.38 bits per heavy atom. The van der Waals surface area contributed by atoms with E-state index in [-0.39, 0.29) is 23.7 Å². The van der Waals surface area contributed by atoms with Gasteiger partial charge in [-0.15, -0.1) is 0 Å². The number of ether oxygens (including phenoxy) is 4. The van der Waals surface area contributed by atoms with Crippen LogP contribution in [0.1, 0.15) is 62.3 Å². The van der Waals surface area contributed by atoms with Gasteiger partial charge in [-0.1, -0.05) is 12.1 Å². The lowest BCUT2D eigenvalue weighted by Gasteiger charge is -2.31. The number of alkyl halides is 4.